The van der Waals surface area contributed by atoms with Gasteiger partial charge in [0.2, 0.25) is 0 Å². The van der Waals surface area contributed by atoms with Gasteiger partial charge in [0, 0.05) is 6.54 Å². The molecule has 0 aromatic heterocycles. The van der Waals surface area contributed by atoms with Crippen LogP contribution in [0.15, 0.2) is 72.3 Å². The molecule has 0 amide bonds. The number of hydrogen-bond donors (Lipinski definition) is 0. The minimum Gasteiger partial charge on any atom is -0.299 e. The van der Waals surface area contributed by atoms with E-state index in [1.807, 2.05) is 0 Å². The van der Waals surface area contributed by atoms with Crippen LogP contribution in [0.1, 0.15) is 59.9 Å². The Balaban J connectivity index is 1.38. The molecule has 1 heterocycles. The molecule has 3 aromatic carbocycles. The van der Waals surface area contributed by atoms with Crippen molar-refractivity contribution in [1.82, 2.24) is 4.90 Å². The Morgan fingerprint density at radius 2 is 1.68 bits per heavy atom. The second-order valence-electron chi connectivity index (χ2n) is 9.55. The molecule has 0 unspecified atom stereocenters. The van der Waals surface area contributed by atoms with E-state index in [0.717, 1.165) is 13.0 Å². The van der Waals surface area contributed by atoms with Crippen molar-refractivity contribution in [2.45, 2.75) is 51.5 Å². The van der Waals surface area contributed by atoms with Gasteiger partial charge in [-0.15, -0.1) is 0 Å². The highest BCUT2D eigenvalue weighted by Crippen LogP contribution is 2.41. The Morgan fingerprint density at radius 3 is 2.61 bits per heavy atom. The molecule has 3 aromatic rings. The van der Waals surface area contributed by atoms with Crippen LogP contribution in [0.25, 0.3) is 16.3 Å². The van der Waals surface area contributed by atoms with E-state index in [-0.39, 0.29) is 0 Å². The Morgan fingerprint density at radius 1 is 0.806 bits per heavy atom. The van der Waals surface area contributed by atoms with Crippen LogP contribution < -0.4 is 0 Å². The van der Waals surface area contributed by atoms with E-state index < -0.39 is 0 Å². The summed E-state index contributed by atoms with van der Waals surface area (Å²) in [6.07, 6.45) is 13.3. The van der Waals surface area contributed by atoms with Crippen LogP contribution in [-0.2, 0) is 19.4 Å². The number of aryl methyl sites for hydroxylation is 1. The molecule has 0 radical (unpaired) electrons. The average molecular weight is 406 g/mol. The molecule has 156 valence electrons. The lowest BCUT2D eigenvalue weighted by atomic mass is 9.78. The second kappa shape index (κ2) is 8.13. The smallest absolute Gasteiger partial charge is 0.0233 e. The van der Waals surface area contributed by atoms with E-state index in [0.29, 0.717) is 0 Å². The van der Waals surface area contributed by atoms with E-state index >= 15 is 0 Å². The van der Waals surface area contributed by atoms with Crippen molar-refractivity contribution in [3.8, 4) is 0 Å². The Labute approximate surface area is 186 Å². The molecule has 2 aliphatic carbocycles. The van der Waals surface area contributed by atoms with Gasteiger partial charge in [0.15, 0.2) is 0 Å². The highest BCUT2D eigenvalue weighted by molar-refractivity contribution is 5.96. The molecule has 31 heavy (non-hydrogen) atoms. The van der Waals surface area contributed by atoms with Gasteiger partial charge in [-0.3, -0.25) is 4.90 Å². The molecule has 1 saturated heterocycles. The fourth-order valence-electron chi connectivity index (χ4n) is 5.98. The van der Waals surface area contributed by atoms with Crippen LogP contribution in [0.4, 0.5) is 0 Å². The molecular weight excluding hydrogens is 374 g/mol. The fraction of sp³-hybridized carbons (Fsp3) is 0.333. The molecule has 1 nitrogen and oxygen atoms in total. The van der Waals surface area contributed by atoms with Crippen molar-refractivity contribution in [2.75, 3.05) is 13.1 Å². The number of benzene rings is 3. The van der Waals surface area contributed by atoms with Crippen LogP contribution in [-0.4, -0.2) is 18.0 Å². The van der Waals surface area contributed by atoms with Crippen molar-refractivity contribution >= 4 is 16.3 Å². The van der Waals surface area contributed by atoms with Crippen LogP contribution >= 0.6 is 0 Å². The maximum absolute atomic E-state index is 2.59. The van der Waals surface area contributed by atoms with Gasteiger partial charge in [0.1, 0.15) is 0 Å². The van der Waals surface area contributed by atoms with E-state index in [1.54, 1.807) is 11.1 Å². The first-order valence-electron chi connectivity index (χ1n) is 12.1. The van der Waals surface area contributed by atoms with Gasteiger partial charge < -0.3 is 0 Å². The number of likely N-dealkylation sites (tertiary alicyclic amines) is 1. The SMILES string of the molecule is C1=CC2=C(CC1)CCc1c2ccc2cccc(Cc3cccc(CN4CCCC4)c3)c12. The third kappa shape index (κ3) is 3.66. The van der Waals surface area contributed by atoms with E-state index in [1.165, 1.54) is 90.2 Å². The summed E-state index contributed by atoms with van der Waals surface area (Å²) in [5.74, 6) is 0. The zero-order valence-electron chi connectivity index (χ0n) is 18.4. The maximum atomic E-state index is 2.59. The molecule has 0 spiro atoms. The molecule has 3 aliphatic rings. The molecule has 0 bridgehead atoms. The van der Waals surface area contributed by atoms with Crippen molar-refractivity contribution in [3.05, 3.63) is 100 Å². The summed E-state index contributed by atoms with van der Waals surface area (Å²) in [5.41, 5.74) is 10.6. The molecule has 1 heteroatoms. The van der Waals surface area contributed by atoms with Crippen molar-refractivity contribution in [2.24, 2.45) is 0 Å². The minimum absolute atomic E-state index is 1.02. The summed E-state index contributed by atoms with van der Waals surface area (Å²) in [4.78, 5) is 2.59. The predicted octanol–water partition coefficient (Wildman–Crippen LogP) is 7.08. The lowest BCUT2D eigenvalue weighted by Crippen LogP contribution is -2.18. The summed E-state index contributed by atoms with van der Waals surface area (Å²) in [5, 5.41) is 2.91. The number of hydrogen-bond acceptors (Lipinski definition) is 1. The largest absolute Gasteiger partial charge is 0.299 e. The molecule has 6 rings (SSSR count). The van der Waals surface area contributed by atoms with Gasteiger partial charge in [0.25, 0.3) is 0 Å². The summed E-state index contributed by atoms with van der Waals surface area (Å²) >= 11 is 0. The third-order valence-electron chi connectivity index (χ3n) is 7.48. The number of fused-ring (bicyclic) bond motifs is 4. The van der Waals surface area contributed by atoms with Gasteiger partial charge in [0.05, 0.1) is 0 Å². The number of allylic oxidation sites excluding steroid dienone is 4. The molecule has 0 saturated carbocycles. The monoisotopic (exact) mass is 405 g/mol. The molecule has 0 atom stereocenters. The highest BCUT2D eigenvalue weighted by Gasteiger charge is 2.21. The van der Waals surface area contributed by atoms with E-state index in [9.17, 15) is 0 Å². The highest BCUT2D eigenvalue weighted by atomic mass is 15.1. The number of nitrogens with zero attached hydrogens (tertiary/aromatic N) is 1. The lowest BCUT2D eigenvalue weighted by molar-refractivity contribution is 0.331. The molecule has 0 N–H and O–H groups in total. The predicted molar refractivity (Wildman–Crippen MR) is 131 cm³/mol. The first-order chi connectivity index (χ1) is 15.3. The van der Waals surface area contributed by atoms with E-state index in [4.69, 9.17) is 0 Å². The minimum atomic E-state index is 1.02. The van der Waals surface area contributed by atoms with Gasteiger partial charge in [-0.25, -0.2) is 0 Å². The average Bonchev–Trinajstić information content (AvgIpc) is 3.32. The lowest BCUT2D eigenvalue weighted by Gasteiger charge is -2.26. The third-order valence-corrected chi connectivity index (χ3v) is 7.48. The second-order valence-corrected chi connectivity index (χ2v) is 9.55. The number of rotatable bonds is 4. The Hall–Kier alpha value is -2.64. The van der Waals surface area contributed by atoms with Gasteiger partial charge in [-0.1, -0.05) is 72.3 Å². The van der Waals surface area contributed by atoms with Crippen LogP contribution in [0.2, 0.25) is 0 Å². The van der Waals surface area contributed by atoms with Gasteiger partial charge in [-0.05, 0) is 102 Å². The summed E-state index contributed by atoms with van der Waals surface area (Å²) in [6, 6.07) is 20.9. The van der Waals surface area contributed by atoms with Crippen LogP contribution in [0.3, 0.4) is 0 Å². The van der Waals surface area contributed by atoms with Gasteiger partial charge >= 0.3 is 0 Å². The molecule has 1 fully saturated rings. The van der Waals surface area contributed by atoms with Crippen molar-refractivity contribution in [3.63, 3.8) is 0 Å². The zero-order valence-corrected chi connectivity index (χ0v) is 18.4. The Bertz CT molecular complexity index is 1190. The maximum Gasteiger partial charge on any atom is 0.0233 e. The van der Waals surface area contributed by atoms with Crippen molar-refractivity contribution < 1.29 is 0 Å². The summed E-state index contributed by atoms with van der Waals surface area (Å²) in [7, 11) is 0. The molecule has 1 aliphatic heterocycles. The standard InChI is InChI=1S/C30H31N/c1-2-12-27-24(9-1)13-16-29-28(27)15-14-25-10-6-11-26(30(25)29)20-22-7-5-8-23(19-22)21-31-17-3-4-18-31/h2,5-8,10-12,14-15,19H,1,3-4,9,13,16-18,20-21H2. The topological polar surface area (TPSA) is 3.24 Å². The zero-order chi connectivity index (χ0) is 20.6. The van der Waals surface area contributed by atoms with Crippen LogP contribution in [0, 0.1) is 0 Å². The first-order valence-corrected chi connectivity index (χ1v) is 12.1. The van der Waals surface area contributed by atoms with E-state index in [2.05, 4.69) is 71.6 Å². The Kier molecular flexibility index (Phi) is 5.00. The first kappa shape index (κ1) is 19.1. The van der Waals surface area contributed by atoms with Crippen molar-refractivity contribution in [1.29, 1.82) is 0 Å². The quantitative estimate of drug-likeness (QED) is 0.448. The molecular formula is C30H31N. The summed E-state index contributed by atoms with van der Waals surface area (Å²) < 4.78 is 0. The summed E-state index contributed by atoms with van der Waals surface area (Å²) in [6.45, 7) is 3.61. The fourth-order valence-corrected chi connectivity index (χ4v) is 5.98. The van der Waals surface area contributed by atoms with Gasteiger partial charge in [-0.2, -0.15) is 0 Å². The normalized spacial score (nSPS) is 18.5. The van der Waals surface area contributed by atoms with Crippen LogP contribution in [0.5, 0.6) is 0 Å².